The second-order valence-corrected chi connectivity index (χ2v) is 5.27. The maximum atomic E-state index is 11.6. The second-order valence-electron chi connectivity index (χ2n) is 4.33. The highest BCUT2D eigenvalue weighted by Gasteiger charge is 2.12. The van der Waals surface area contributed by atoms with Gasteiger partial charge in [-0.1, -0.05) is 17.8 Å². The van der Waals surface area contributed by atoms with Crippen LogP contribution in [0.15, 0.2) is 28.2 Å². The highest BCUT2D eigenvalue weighted by Crippen LogP contribution is 2.21. The minimum Gasteiger partial charge on any atom is -0.373 e. The van der Waals surface area contributed by atoms with E-state index in [0.717, 1.165) is 11.5 Å². The molecule has 2 aromatic heterocycles. The summed E-state index contributed by atoms with van der Waals surface area (Å²) in [4.78, 5) is 16.0. The van der Waals surface area contributed by atoms with Gasteiger partial charge in [0.1, 0.15) is 5.82 Å². The molecule has 0 amide bonds. The lowest BCUT2D eigenvalue weighted by atomic mass is 10.4. The predicted molar refractivity (Wildman–Crippen MR) is 76.6 cm³/mol. The summed E-state index contributed by atoms with van der Waals surface area (Å²) < 4.78 is 1.65. The fourth-order valence-electron chi connectivity index (χ4n) is 1.69. The Morgan fingerprint density at radius 3 is 2.95 bits per heavy atom. The smallest absolute Gasteiger partial charge is 0.344 e. The molecular weight excluding hydrogens is 262 g/mol. The number of aromatic amines is 1. The van der Waals surface area contributed by atoms with Crippen molar-refractivity contribution in [2.45, 2.75) is 30.8 Å². The Morgan fingerprint density at radius 2 is 2.26 bits per heavy atom. The third-order valence-corrected chi connectivity index (χ3v) is 3.59. The van der Waals surface area contributed by atoms with Crippen LogP contribution in [-0.4, -0.2) is 26.8 Å². The number of hydrogen-bond acceptors (Lipinski definition) is 5. The van der Waals surface area contributed by atoms with Gasteiger partial charge in [-0.15, -0.1) is 5.10 Å². The van der Waals surface area contributed by atoms with Crippen LogP contribution in [0, 0.1) is 0 Å². The van der Waals surface area contributed by atoms with Gasteiger partial charge in [-0.3, -0.25) is 4.57 Å². The molecule has 102 valence electrons. The Bertz CT molecular complexity index is 604. The molecule has 0 radical (unpaired) electrons. The number of pyridine rings is 1. The van der Waals surface area contributed by atoms with Gasteiger partial charge in [0.05, 0.1) is 5.69 Å². The van der Waals surface area contributed by atoms with Crippen LogP contribution in [0.5, 0.6) is 0 Å². The SMILES string of the molecule is CNc1cccc(CSc2n[nH]c(=O)n2C(C)C)n1. The fraction of sp³-hybridized carbons (Fsp3) is 0.417. The summed E-state index contributed by atoms with van der Waals surface area (Å²) in [7, 11) is 1.84. The van der Waals surface area contributed by atoms with E-state index in [9.17, 15) is 4.79 Å². The van der Waals surface area contributed by atoms with Gasteiger partial charge in [-0.25, -0.2) is 14.9 Å². The minimum atomic E-state index is -0.172. The number of H-pyrrole nitrogens is 1. The molecule has 0 atom stereocenters. The molecule has 6 nitrogen and oxygen atoms in total. The van der Waals surface area contributed by atoms with Gasteiger partial charge in [0.15, 0.2) is 5.16 Å². The summed E-state index contributed by atoms with van der Waals surface area (Å²) in [5, 5.41) is 10.2. The second kappa shape index (κ2) is 5.92. The minimum absolute atomic E-state index is 0.0883. The third kappa shape index (κ3) is 3.17. The van der Waals surface area contributed by atoms with Crippen molar-refractivity contribution in [3.8, 4) is 0 Å². The number of thioether (sulfide) groups is 1. The van der Waals surface area contributed by atoms with E-state index in [1.165, 1.54) is 11.8 Å². The molecule has 0 saturated carbocycles. The van der Waals surface area contributed by atoms with E-state index >= 15 is 0 Å². The number of nitrogens with one attached hydrogen (secondary N) is 2. The van der Waals surface area contributed by atoms with Gasteiger partial charge < -0.3 is 5.32 Å². The van der Waals surface area contributed by atoms with Crippen LogP contribution in [0.4, 0.5) is 5.82 Å². The van der Waals surface area contributed by atoms with Crippen LogP contribution >= 0.6 is 11.8 Å². The van der Waals surface area contributed by atoms with Crippen molar-refractivity contribution in [2.24, 2.45) is 0 Å². The lowest BCUT2D eigenvalue weighted by Crippen LogP contribution is -2.19. The largest absolute Gasteiger partial charge is 0.373 e. The molecule has 0 bridgehead atoms. The summed E-state index contributed by atoms with van der Waals surface area (Å²) in [6.07, 6.45) is 0. The molecule has 2 rings (SSSR count). The molecule has 0 spiro atoms. The van der Waals surface area contributed by atoms with E-state index in [1.54, 1.807) is 4.57 Å². The molecule has 0 aliphatic rings. The molecule has 0 aliphatic carbocycles. The Hall–Kier alpha value is -1.76. The van der Waals surface area contributed by atoms with Crippen molar-refractivity contribution in [1.29, 1.82) is 0 Å². The van der Waals surface area contributed by atoms with Crippen LogP contribution in [0.2, 0.25) is 0 Å². The monoisotopic (exact) mass is 279 g/mol. The summed E-state index contributed by atoms with van der Waals surface area (Å²) in [5.41, 5.74) is 0.775. The Morgan fingerprint density at radius 1 is 1.47 bits per heavy atom. The molecule has 2 N–H and O–H groups in total. The molecule has 19 heavy (non-hydrogen) atoms. The zero-order valence-electron chi connectivity index (χ0n) is 11.2. The van der Waals surface area contributed by atoms with E-state index in [1.807, 2.05) is 39.1 Å². The summed E-state index contributed by atoms with van der Waals surface area (Å²) >= 11 is 1.50. The highest BCUT2D eigenvalue weighted by molar-refractivity contribution is 7.98. The van der Waals surface area contributed by atoms with Crippen molar-refractivity contribution in [3.63, 3.8) is 0 Å². The summed E-state index contributed by atoms with van der Waals surface area (Å²) in [5.74, 6) is 1.51. The van der Waals surface area contributed by atoms with Crippen LogP contribution in [0.25, 0.3) is 0 Å². The van der Waals surface area contributed by atoms with Gasteiger partial charge in [0.2, 0.25) is 0 Å². The lowest BCUT2D eigenvalue weighted by molar-refractivity contribution is 0.534. The van der Waals surface area contributed by atoms with E-state index in [2.05, 4.69) is 20.5 Å². The molecule has 2 aromatic rings. The van der Waals surface area contributed by atoms with Crippen molar-refractivity contribution in [1.82, 2.24) is 19.7 Å². The maximum absolute atomic E-state index is 11.6. The molecule has 0 aromatic carbocycles. The summed E-state index contributed by atoms with van der Waals surface area (Å²) in [6, 6.07) is 5.91. The standard InChI is InChI=1S/C12H17N5OS/c1-8(2)17-11(18)15-16-12(17)19-7-9-5-4-6-10(13-3)14-9/h4-6,8H,7H2,1-3H3,(H,13,14)(H,15,18). The van der Waals surface area contributed by atoms with Crippen molar-refractivity contribution >= 4 is 17.6 Å². The molecule has 0 aliphatic heterocycles. The Kier molecular flexibility index (Phi) is 4.26. The van der Waals surface area contributed by atoms with Gasteiger partial charge >= 0.3 is 5.69 Å². The molecule has 7 heteroatoms. The zero-order valence-corrected chi connectivity index (χ0v) is 12.0. The first kappa shape index (κ1) is 13.7. The molecule has 0 fully saturated rings. The van der Waals surface area contributed by atoms with Gasteiger partial charge in [0, 0.05) is 18.8 Å². The molecule has 0 saturated heterocycles. The molecule has 0 unspecified atom stereocenters. The normalized spacial score (nSPS) is 10.9. The van der Waals surface area contributed by atoms with Gasteiger partial charge in [-0.05, 0) is 26.0 Å². The van der Waals surface area contributed by atoms with Crippen LogP contribution in [0.3, 0.4) is 0 Å². The number of anilines is 1. The van der Waals surface area contributed by atoms with Gasteiger partial charge in [0.25, 0.3) is 0 Å². The van der Waals surface area contributed by atoms with E-state index in [4.69, 9.17) is 0 Å². The topological polar surface area (TPSA) is 75.6 Å². The molecule has 2 heterocycles. The highest BCUT2D eigenvalue weighted by atomic mass is 32.2. The zero-order chi connectivity index (χ0) is 13.8. The Labute approximate surface area is 115 Å². The fourth-order valence-corrected chi connectivity index (χ4v) is 2.67. The maximum Gasteiger partial charge on any atom is 0.344 e. The van der Waals surface area contributed by atoms with Crippen molar-refractivity contribution < 1.29 is 0 Å². The first-order valence-electron chi connectivity index (χ1n) is 6.05. The first-order valence-corrected chi connectivity index (χ1v) is 7.03. The van der Waals surface area contributed by atoms with E-state index < -0.39 is 0 Å². The average Bonchev–Trinajstić information content (AvgIpc) is 2.78. The van der Waals surface area contributed by atoms with Crippen LogP contribution in [-0.2, 0) is 5.75 Å². The van der Waals surface area contributed by atoms with Gasteiger partial charge in [-0.2, -0.15) is 0 Å². The lowest BCUT2D eigenvalue weighted by Gasteiger charge is -2.08. The quantitative estimate of drug-likeness (QED) is 0.817. The van der Waals surface area contributed by atoms with Crippen LogP contribution in [0.1, 0.15) is 25.6 Å². The predicted octanol–water partition coefficient (Wildman–Crippen LogP) is 1.88. The number of hydrogen-bond donors (Lipinski definition) is 2. The first-order chi connectivity index (χ1) is 9.11. The van der Waals surface area contributed by atoms with E-state index in [-0.39, 0.29) is 11.7 Å². The van der Waals surface area contributed by atoms with Crippen LogP contribution < -0.4 is 11.0 Å². The third-order valence-electron chi connectivity index (χ3n) is 2.60. The number of nitrogens with zero attached hydrogens (tertiary/aromatic N) is 3. The van der Waals surface area contributed by atoms with Crippen molar-refractivity contribution in [3.05, 3.63) is 34.4 Å². The Balaban J connectivity index is 2.12. The average molecular weight is 279 g/mol. The molecular formula is C12H17N5OS. The number of rotatable bonds is 5. The summed E-state index contributed by atoms with van der Waals surface area (Å²) in [6.45, 7) is 3.92. The van der Waals surface area contributed by atoms with Crippen molar-refractivity contribution in [2.75, 3.05) is 12.4 Å². The van der Waals surface area contributed by atoms with E-state index in [0.29, 0.717) is 10.9 Å². The number of aromatic nitrogens is 4.